The Morgan fingerprint density at radius 1 is 0.920 bits per heavy atom. The molecule has 1 unspecified atom stereocenters. The van der Waals surface area contributed by atoms with Crippen LogP contribution in [0, 0.1) is 0 Å². The lowest BCUT2D eigenvalue weighted by Gasteiger charge is -2.35. The minimum atomic E-state index is -0.364. The standard InChI is InChI=1S/C22H19NOS/c1-22(17-7-3-2-4-8-17)23(20(24)14-25-22)19-13-12-16-11-10-15-6-5-9-18(19)21(15)16/h2-9,12-13H,10-11,14H2,1H3. The zero-order chi connectivity index (χ0) is 17.0. The molecule has 1 aliphatic carbocycles. The van der Waals surface area contributed by atoms with E-state index in [-0.39, 0.29) is 10.8 Å². The van der Waals surface area contributed by atoms with E-state index in [1.54, 1.807) is 11.8 Å². The topological polar surface area (TPSA) is 20.3 Å². The van der Waals surface area contributed by atoms with Crippen LogP contribution in [0.3, 0.4) is 0 Å². The zero-order valence-electron chi connectivity index (χ0n) is 14.2. The molecule has 1 atom stereocenters. The predicted molar refractivity (Wildman–Crippen MR) is 105 cm³/mol. The highest BCUT2D eigenvalue weighted by Gasteiger charge is 2.45. The van der Waals surface area contributed by atoms with Crippen LogP contribution in [0.15, 0.2) is 60.7 Å². The Morgan fingerprint density at radius 2 is 1.68 bits per heavy atom. The Hall–Kier alpha value is -2.26. The third-order valence-corrected chi connectivity index (χ3v) is 6.93. The van der Waals surface area contributed by atoms with Crippen molar-refractivity contribution in [2.75, 3.05) is 10.7 Å². The number of thioether (sulfide) groups is 1. The Labute approximate surface area is 151 Å². The molecular weight excluding hydrogens is 326 g/mol. The van der Waals surface area contributed by atoms with E-state index in [9.17, 15) is 4.79 Å². The summed E-state index contributed by atoms with van der Waals surface area (Å²) in [6, 6.07) is 21.3. The fraction of sp³-hybridized carbons (Fsp3) is 0.227. The molecule has 5 rings (SSSR count). The van der Waals surface area contributed by atoms with Crippen LogP contribution in [-0.2, 0) is 22.5 Å². The fourth-order valence-electron chi connectivity index (χ4n) is 4.32. The van der Waals surface area contributed by atoms with E-state index in [0.29, 0.717) is 5.75 Å². The van der Waals surface area contributed by atoms with Crippen LogP contribution in [0.5, 0.6) is 0 Å². The number of carbonyl (C=O) groups is 1. The van der Waals surface area contributed by atoms with Gasteiger partial charge in [-0.3, -0.25) is 9.69 Å². The second-order valence-electron chi connectivity index (χ2n) is 6.95. The fourth-order valence-corrected chi connectivity index (χ4v) is 5.49. The summed E-state index contributed by atoms with van der Waals surface area (Å²) in [5.74, 6) is 0.712. The third-order valence-electron chi connectivity index (χ3n) is 5.56. The van der Waals surface area contributed by atoms with Crippen LogP contribution in [0.2, 0.25) is 0 Å². The molecule has 0 spiro atoms. The minimum absolute atomic E-state index is 0.190. The van der Waals surface area contributed by atoms with Crippen molar-refractivity contribution in [3.8, 4) is 0 Å². The number of rotatable bonds is 2. The maximum absolute atomic E-state index is 12.9. The highest BCUT2D eigenvalue weighted by molar-refractivity contribution is 8.01. The van der Waals surface area contributed by atoms with E-state index in [1.165, 1.54) is 27.5 Å². The van der Waals surface area contributed by atoms with Gasteiger partial charge in [-0.25, -0.2) is 0 Å². The molecule has 3 heteroatoms. The summed E-state index contributed by atoms with van der Waals surface area (Å²) in [5.41, 5.74) is 5.04. The lowest BCUT2D eigenvalue weighted by Crippen LogP contribution is -2.40. The molecule has 0 aromatic heterocycles. The Bertz CT molecular complexity index is 987. The van der Waals surface area contributed by atoms with Crippen LogP contribution >= 0.6 is 11.8 Å². The summed E-state index contributed by atoms with van der Waals surface area (Å²) in [6.07, 6.45) is 2.21. The molecule has 2 nitrogen and oxygen atoms in total. The summed E-state index contributed by atoms with van der Waals surface area (Å²) in [7, 11) is 0. The lowest BCUT2D eigenvalue weighted by atomic mass is 10.00. The van der Waals surface area contributed by atoms with Gasteiger partial charge >= 0.3 is 0 Å². The van der Waals surface area contributed by atoms with Crippen molar-refractivity contribution in [2.24, 2.45) is 0 Å². The van der Waals surface area contributed by atoms with Crippen molar-refractivity contribution >= 4 is 34.1 Å². The number of amides is 1. The second kappa shape index (κ2) is 5.37. The first-order valence-corrected chi connectivity index (χ1v) is 9.73. The maximum atomic E-state index is 12.9. The molecule has 1 saturated heterocycles. The van der Waals surface area contributed by atoms with Crippen LogP contribution in [0.1, 0.15) is 23.6 Å². The van der Waals surface area contributed by atoms with Gasteiger partial charge in [-0.05, 0) is 47.9 Å². The second-order valence-corrected chi connectivity index (χ2v) is 8.32. The average molecular weight is 345 g/mol. The molecule has 1 fully saturated rings. The van der Waals surface area contributed by atoms with Gasteiger partial charge in [0.1, 0.15) is 4.87 Å². The van der Waals surface area contributed by atoms with E-state index in [1.807, 2.05) is 11.0 Å². The number of hydrogen-bond acceptors (Lipinski definition) is 2. The average Bonchev–Trinajstić information content (AvgIpc) is 3.20. The predicted octanol–water partition coefficient (Wildman–Crippen LogP) is 4.89. The molecule has 1 amide bonds. The molecule has 0 radical (unpaired) electrons. The molecule has 0 bridgehead atoms. The first-order chi connectivity index (χ1) is 12.2. The van der Waals surface area contributed by atoms with Gasteiger partial charge in [0.15, 0.2) is 0 Å². The normalized spacial score (nSPS) is 22.1. The smallest absolute Gasteiger partial charge is 0.238 e. The maximum Gasteiger partial charge on any atom is 0.238 e. The van der Waals surface area contributed by atoms with Gasteiger partial charge in [-0.15, -0.1) is 11.8 Å². The molecule has 1 aliphatic heterocycles. The third kappa shape index (κ3) is 2.09. The van der Waals surface area contributed by atoms with Gasteiger partial charge in [0.05, 0.1) is 11.4 Å². The van der Waals surface area contributed by atoms with Crippen molar-refractivity contribution < 1.29 is 4.79 Å². The quantitative estimate of drug-likeness (QED) is 0.659. The molecule has 25 heavy (non-hydrogen) atoms. The number of nitrogens with zero attached hydrogens (tertiary/aromatic N) is 1. The zero-order valence-corrected chi connectivity index (χ0v) is 15.0. The van der Waals surface area contributed by atoms with Crippen molar-refractivity contribution in [2.45, 2.75) is 24.6 Å². The number of aryl methyl sites for hydroxylation is 2. The Morgan fingerprint density at radius 3 is 2.48 bits per heavy atom. The van der Waals surface area contributed by atoms with Gasteiger partial charge in [-0.2, -0.15) is 0 Å². The minimum Gasteiger partial charge on any atom is -0.292 e. The van der Waals surface area contributed by atoms with Crippen molar-refractivity contribution in [1.82, 2.24) is 0 Å². The van der Waals surface area contributed by atoms with Crippen LogP contribution in [0.4, 0.5) is 5.69 Å². The molecule has 3 aromatic rings. The summed E-state index contributed by atoms with van der Waals surface area (Å²) < 4.78 is 0. The van der Waals surface area contributed by atoms with E-state index in [4.69, 9.17) is 0 Å². The Balaban J connectivity index is 1.75. The molecular formula is C22H19NOS. The summed E-state index contributed by atoms with van der Waals surface area (Å²) in [4.78, 5) is 14.6. The summed E-state index contributed by atoms with van der Waals surface area (Å²) in [6.45, 7) is 2.17. The molecule has 1 heterocycles. The molecule has 124 valence electrons. The van der Waals surface area contributed by atoms with Crippen LogP contribution < -0.4 is 4.90 Å². The SMILES string of the molecule is CC1(c2ccccc2)SCC(=O)N1c1ccc2c3c(cccc13)CC2. The monoisotopic (exact) mass is 345 g/mol. The van der Waals surface area contributed by atoms with Gasteiger partial charge < -0.3 is 0 Å². The Kier molecular flexibility index (Phi) is 3.23. The number of hydrogen-bond donors (Lipinski definition) is 0. The summed E-state index contributed by atoms with van der Waals surface area (Å²) in [5, 5.41) is 2.57. The van der Waals surface area contributed by atoms with Crippen molar-refractivity contribution in [3.05, 3.63) is 77.4 Å². The van der Waals surface area contributed by atoms with Gasteiger partial charge in [0.25, 0.3) is 0 Å². The largest absolute Gasteiger partial charge is 0.292 e. The molecule has 2 aliphatic rings. The van der Waals surface area contributed by atoms with E-state index < -0.39 is 0 Å². The van der Waals surface area contributed by atoms with E-state index in [2.05, 4.69) is 61.5 Å². The first kappa shape index (κ1) is 15.0. The van der Waals surface area contributed by atoms with Crippen molar-refractivity contribution in [3.63, 3.8) is 0 Å². The van der Waals surface area contributed by atoms with E-state index in [0.717, 1.165) is 18.5 Å². The highest BCUT2D eigenvalue weighted by atomic mass is 32.2. The van der Waals surface area contributed by atoms with Gasteiger partial charge in [0.2, 0.25) is 5.91 Å². The van der Waals surface area contributed by atoms with Gasteiger partial charge in [-0.1, -0.05) is 54.6 Å². The number of anilines is 1. The van der Waals surface area contributed by atoms with Crippen molar-refractivity contribution in [1.29, 1.82) is 0 Å². The van der Waals surface area contributed by atoms with E-state index >= 15 is 0 Å². The lowest BCUT2D eigenvalue weighted by molar-refractivity contribution is -0.116. The van der Waals surface area contributed by atoms with Crippen LogP contribution in [-0.4, -0.2) is 11.7 Å². The molecule has 3 aromatic carbocycles. The molecule has 0 saturated carbocycles. The van der Waals surface area contributed by atoms with Gasteiger partial charge in [0, 0.05) is 5.39 Å². The summed E-state index contributed by atoms with van der Waals surface area (Å²) >= 11 is 1.72. The first-order valence-electron chi connectivity index (χ1n) is 8.74. The van der Waals surface area contributed by atoms with Crippen LogP contribution in [0.25, 0.3) is 10.8 Å². The number of benzene rings is 3. The number of carbonyl (C=O) groups excluding carboxylic acids is 1. The highest BCUT2D eigenvalue weighted by Crippen LogP contribution is 2.49. The molecule has 0 N–H and O–H groups in total.